The molecule has 1 aliphatic heterocycles. The molecule has 9 heteroatoms. The van der Waals surface area contributed by atoms with E-state index < -0.39 is 15.8 Å². The molecule has 0 bridgehead atoms. The van der Waals surface area contributed by atoms with Gasteiger partial charge in [0.2, 0.25) is 0 Å². The number of carbonyl (C=O) groups excluding carboxylic acids is 1. The smallest absolute Gasteiger partial charge is 0.335 e. The van der Waals surface area contributed by atoms with Gasteiger partial charge >= 0.3 is 12.0 Å². The molecule has 0 spiro atoms. The zero-order valence-electron chi connectivity index (χ0n) is 11.2. The summed E-state index contributed by atoms with van der Waals surface area (Å²) in [5.74, 6) is -1.13. The first kappa shape index (κ1) is 15.2. The van der Waals surface area contributed by atoms with Crippen molar-refractivity contribution >= 4 is 21.8 Å². The van der Waals surface area contributed by atoms with E-state index in [0.717, 1.165) is 0 Å². The van der Waals surface area contributed by atoms with Crippen LogP contribution in [0.1, 0.15) is 16.1 Å². The van der Waals surface area contributed by atoms with Gasteiger partial charge in [-0.2, -0.15) is 0 Å². The van der Waals surface area contributed by atoms with Crippen LogP contribution < -0.4 is 5.32 Å². The maximum Gasteiger partial charge on any atom is 0.335 e. The van der Waals surface area contributed by atoms with Gasteiger partial charge in [0.05, 0.1) is 29.3 Å². The van der Waals surface area contributed by atoms with Crippen LogP contribution in [0.4, 0.5) is 4.79 Å². The first-order chi connectivity index (χ1) is 9.87. The van der Waals surface area contributed by atoms with E-state index >= 15 is 0 Å². The highest BCUT2D eigenvalue weighted by atomic mass is 32.2. The van der Waals surface area contributed by atoms with E-state index in [1.807, 2.05) is 0 Å². The second-order valence-corrected chi connectivity index (χ2v) is 6.94. The lowest BCUT2D eigenvalue weighted by molar-refractivity contribution is 0.0696. The van der Waals surface area contributed by atoms with Gasteiger partial charge in [0, 0.05) is 19.3 Å². The number of aromatic nitrogens is 1. The molecule has 1 aromatic rings. The fourth-order valence-electron chi connectivity index (χ4n) is 1.90. The largest absolute Gasteiger partial charge is 0.478 e. The van der Waals surface area contributed by atoms with Gasteiger partial charge in [-0.25, -0.2) is 18.0 Å². The van der Waals surface area contributed by atoms with Gasteiger partial charge < -0.3 is 15.3 Å². The molecular formula is C12H15N3O5S. The van der Waals surface area contributed by atoms with Crippen molar-refractivity contribution in [1.29, 1.82) is 0 Å². The van der Waals surface area contributed by atoms with Crippen LogP contribution in [-0.2, 0) is 16.4 Å². The van der Waals surface area contributed by atoms with E-state index in [-0.39, 0.29) is 42.7 Å². The van der Waals surface area contributed by atoms with E-state index in [1.165, 1.54) is 23.2 Å². The van der Waals surface area contributed by atoms with Gasteiger partial charge in [0.1, 0.15) is 0 Å². The van der Waals surface area contributed by atoms with Crippen LogP contribution in [0.25, 0.3) is 0 Å². The average Bonchev–Trinajstić information content (AvgIpc) is 2.45. The second-order valence-electron chi connectivity index (χ2n) is 4.64. The van der Waals surface area contributed by atoms with Gasteiger partial charge in [-0.05, 0) is 12.1 Å². The number of amides is 2. The first-order valence-electron chi connectivity index (χ1n) is 6.29. The average molecular weight is 313 g/mol. The Morgan fingerprint density at radius 1 is 1.33 bits per heavy atom. The van der Waals surface area contributed by atoms with E-state index in [9.17, 15) is 18.0 Å². The number of rotatable bonds is 3. The standard InChI is InChI=1S/C12H15N3O5S/c16-11(17)9-1-2-13-10(7-9)8-14-12(18)15-3-5-21(19,20)6-4-15/h1-2,7H,3-6,8H2,(H,14,18)(H,16,17). The number of urea groups is 1. The minimum Gasteiger partial charge on any atom is -0.478 e. The molecule has 1 fully saturated rings. The van der Waals surface area contributed by atoms with Gasteiger partial charge in [-0.1, -0.05) is 0 Å². The molecule has 0 radical (unpaired) electrons. The highest BCUT2D eigenvalue weighted by molar-refractivity contribution is 7.91. The number of carboxylic acid groups (broad SMARTS) is 1. The van der Waals surface area contributed by atoms with E-state index in [2.05, 4.69) is 10.3 Å². The normalized spacial score (nSPS) is 17.2. The molecule has 0 atom stereocenters. The number of pyridine rings is 1. The molecule has 2 amide bonds. The van der Waals surface area contributed by atoms with Crippen molar-refractivity contribution in [2.45, 2.75) is 6.54 Å². The van der Waals surface area contributed by atoms with Gasteiger partial charge in [0.15, 0.2) is 9.84 Å². The van der Waals surface area contributed by atoms with Crippen LogP contribution >= 0.6 is 0 Å². The highest BCUT2D eigenvalue weighted by Crippen LogP contribution is 2.05. The van der Waals surface area contributed by atoms with Crippen LogP contribution in [0, 0.1) is 0 Å². The van der Waals surface area contributed by atoms with Gasteiger partial charge in [-0.15, -0.1) is 0 Å². The molecule has 0 aromatic carbocycles. The Bertz CT molecular complexity index is 645. The van der Waals surface area contributed by atoms with Crippen molar-refractivity contribution in [2.75, 3.05) is 24.6 Å². The summed E-state index contributed by atoms with van der Waals surface area (Å²) < 4.78 is 22.6. The Balaban J connectivity index is 1.90. The second kappa shape index (κ2) is 6.08. The third kappa shape index (κ3) is 4.15. The number of hydrogen-bond donors (Lipinski definition) is 2. The number of hydrogen-bond acceptors (Lipinski definition) is 5. The summed E-state index contributed by atoms with van der Waals surface area (Å²) >= 11 is 0. The van der Waals surface area contributed by atoms with Crippen molar-refractivity contribution in [1.82, 2.24) is 15.2 Å². The fourth-order valence-corrected chi connectivity index (χ4v) is 3.10. The number of aromatic carboxylic acids is 1. The molecule has 2 heterocycles. The zero-order valence-corrected chi connectivity index (χ0v) is 12.0. The first-order valence-corrected chi connectivity index (χ1v) is 8.11. The van der Waals surface area contributed by atoms with Crippen LogP contribution in [0.3, 0.4) is 0 Å². The Labute approximate surface area is 121 Å². The molecule has 1 saturated heterocycles. The third-order valence-corrected chi connectivity index (χ3v) is 4.73. The van der Waals surface area contributed by atoms with Crippen LogP contribution in [0.2, 0.25) is 0 Å². The summed E-state index contributed by atoms with van der Waals surface area (Å²) in [5, 5.41) is 11.5. The predicted molar refractivity (Wildman–Crippen MR) is 73.7 cm³/mol. The Morgan fingerprint density at radius 3 is 2.62 bits per heavy atom. The molecule has 0 unspecified atom stereocenters. The number of carbonyl (C=O) groups is 2. The van der Waals surface area contributed by atoms with Crippen molar-refractivity contribution in [2.24, 2.45) is 0 Å². The maximum absolute atomic E-state index is 11.9. The highest BCUT2D eigenvalue weighted by Gasteiger charge is 2.24. The lowest BCUT2D eigenvalue weighted by Crippen LogP contribution is -2.48. The van der Waals surface area contributed by atoms with Crippen LogP contribution in [0.15, 0.2) is 18.3 Å². The van der Waals surface area contributed by atoms with E-state index in [1.54, 1.807) is 0 Å². The summed E-state index contributed by atoms with van der Waals surface area (Å²) in [7, 11) is -3.03. The molecule has 2 rings (SSSR count). The lowest BCUT2D eigenvalue weighted by atomic mass is 10.2. The van der Waals surface area contributed by atoms with Gasteiger partial charge in [0.25, 0.3) is 0 Å². The quantitative estimate of drug-likeness (QED) is 0.792. The molecular weight excluding hydrogens is 298 g/mol. The molecule has 2 N–H and O–H groups in total. The van der Waals surface area contributed by atoms with E-state index in [4.69, 9.17) is 5.11 Å². The molecule has 0 aliphatic carbocycles. The molecule has 114 valence electrons. The number of nitrogens with zero attached hydrogens (tertiary/aromatic N) is 2. The van der Waals surface area contributed by atoms with Gasteiger partial charge in [-0.3, -0.25) is 4.98 Å². The predicted octanol–water partition coefficient (Wildman–Crippen LogP) is -0.280. The van der Waals surface area contributed by atoms with Crippen molar-refractivity contribution in [3.8, 4) is 0 Å². The number of carboxylic acids is 1. The summed E-state index contributed by atoms with van der Waals surface area (Å²) in [6.45, 7) is 0.413. The lowest BCUT2D eigenvalue weighted by Gasteiger charge is -2.26. The maximum atomic E-state index is 11.9. The summed E-state index contributed by atoms with van der Waals surface area (Å²) in [5.41, 5.74) is 0.520. The Morgan fingerprint density at radius 2 is 2.00 bits per heavy atom. The topological polar surface area (TPSA) is 117 Å². The van der Waals surface area contributed by atoms with Crippen molar-refractivity contribution in [3.63, 3.8) is 0 Å². The molecule has 21 heavy (non-hydrogen) atoms. The third-order valence-electron chi connectivity index (χ3n) is 3.12. The monoisotopic (exact) mass is 313 g/mol. The molecule has 1 aromatic heterocycles. The SMILES string of the molecule is O=C(O)c1ccnc(CNC(=O)N2CCS(=O)(=O)CC2)c1. The molecule has 0 saturated carbocycles. The fraction of sp³-hybridized carbons (Fsp3) is 0.417. The Hall–Kier alpha value is -2.16. The Kier molecular flexibility index (Phi) is 4.41. The summed E-state index contributed by atoms with van der Waals surface area (Å²) in [6, 6.07) is 2.36. The minimum atomic E-state index is -3.03. The zero-order chi connectivity index (χ0) is 15.5. The van der Waals surface area contributed by atoms with Crippen molar-refractivity contribution in [3.05, 3.63) is 29.6 Å². The van der Waals surface area contributed by atoms with Crippen molar-refractivity contribution < 1.29 is 23.1 Å². The summed E-state index contributed by atoms with van der Waals surface area (Å²) in [4.78, 5) is 28.1. The molecule has 1 aliphatic rings. The number of sulfone groups is 1. The molecule has 8 nitrogen and oxygen atoms in total. The van der Waals surface area contributed by atoms with Crippen LogP contribution in [-0.4, -0.2) is 60.0 Å². The van der Waals surface area contributed by atoms with Crippen LogP contribution in [0.5, 0.6) is 0 Å². The summed E-state index contributed by atoms with van der Waals surface area (Å²) in [6.07, 6.45) is 1.36. The van der Waals surface area contributed by atoms with E-state index in [0.29, 0.717) is 5.69 Å². The number of nitrogens with one attached hydrogen (secondary N) is 1. The minimum absolute atomic E-state index is 0.0346.